The highest BCUT2D eigenvalue weighted by molar-refractivity contribution is 5.84. The van der Waals surface area contributed by atoms with Crippen LogP contribution in [0.5, 0.6) is 5.75 Å². The van der Waals surface area contributed by atoms with Gasteiger partial charge in [0.05, 0.1) is 19.3 Å². The van der Waals surface area contributed by atoms with Crippen molar-refractivity contribution < 1.29 is 19.1 Å². The number of piperidine rings is 1. The number of hydrogen-bond acceptors (Lipinski definition) is 4. The number of carbonyl (C=O) groups excluding carboxylic acids is 2. The Morgan fingerprint density at radius 2 is 2.21 bits per heavy atom. The molecule has 3 aliphatic rings. The van der Waals surface area contributed by atoms with E-state index in [-0.39, 0.29) is 42.4 Å². The molecule has 24 heavy (non-hydrogen) atoms. The second kappa shape index (κ2) is 6.09. The molecule has 1 aliphatic carbocycles. The Hall–Kier alpha value is -2.08. The molecule has 0 spiro atoms. The van der Waals surface area contributed by atoms with Crippen LogP contribution in [0.3, 0.4) is 0 Å². The largest absolute Gasteiger partial charge is 0.496 e. The number of nitrogens with one attached hydrogen (secondary N) is 1. The van der Waals surface area contributed by atoms with Gasteiger partial charge in [-0.3, -0.25) is 9.59 Å². The van der Waals surface area contributed by atoms with Gasteiger partial charge < -0.3 is 19.7 Å². The summed E-state index contributed by atoms with van der Waals surface area (Å²) < 4.78 is 11.0. The lowest BCUT2D eigenvalue weighted by atomic mass is 9.99. The van der Waals surface area contributed by atoms with Crippen molar-refractivity contribution in [1.29, 1.82) is 0 Å². The van der Waals surface area contributed by atoms with Crippen molar-refractivity contribution in [2.45, 2.75) is 30.9 Å². The molecule has 3 fully saturated rings. The highest BCUT2D eigenvalue weighted by atomic mass is 16.5. The van der Waals surface area contributed by atoms with Gasteiger partial charge in [0.25, 0.3) is 0 Å². The first-order valence-electron chi connectivity index (χ1n) is 8.50. The summed E-state index contributed by atoms with van der Waals surface area (Å²) in [6.07, 6.45) is 1.69. The van der Waals surface area contributed by atoms with Crippen LogP contribution in [0.4, 0.5) is 0 Å². The average molecular weight is 330 g/mol. The Morgan fingerprint density at radius 1 is 1.38 bits per heavy atom. The first kappa shape index (κ1) is 15.4. The number of fused-ring (bicyclic) bond motifs is 1. The van der Waals surface area contributed by atoms with Gasteiger partial charge in [-0.05, 0) is 30.4 Å². The SMILES string of the molecule is COc1ccccc1[C@@H]1C[C@H]1C(=O)N1CCC2OCC(=O)NC2C1. The lowest BCUT2D eigenvalue weighted by molar-refractivity contribution is -0.147. The Labute approximate surface area is 141 Å². The smallest absolute Gasteiger partial charge is 0.246 e. The van der Waals surface area contributed by atoms with E-state index in [4.69, 9.17) is 9.47 Å². The van der Waals surface area contributed by atoms with E-state index in [1.165, 1.54) is 0 Å². The van der Waals surface area contributed by atoms with Gasteiger partial charge in [0.15, 0.2) is 0 Å². The number of morpholine rings is 1. The van der Waals surface area contributed by atoms with Gasteiger partial charge in [0.1, 0.15) is 12.4 Å². The molecule has 1 aromatic rings. The first-order chi connectivity index (χ1) is 11.7. The highest BCUT2D eigenvalue weighted by Gasteiger charge is 2.48. The molecule has 0 aromatic heterocycles. The lowest BCUT2D eigenvalue weighted by Gasteiger charge is -2.41. The zero-order chi connectivity index (χ0) is 16.7. The number of benzene rings is 1. The van der Waals surface area contributed by atoms with Gasteiger partial charge in [-0.25, -0.2) is 0 Å². The fraction of sp³-hybridized carbons (Fsp3) is 0.556. The number of ether oxygens (including phenoxy) is 2. The van der Waals surface area contributed by atoms with Gasteiger partial charge in [-0.15, -0.1) is 0 Å². The molecular weight excluding hydrogens is 308 g/mol. The van der Waals surface area contributed by atoms with E-state index in [2.05, 4.69) is 5.32 Å². The summed E-state index contributed by atoms with van der Waals surface area (Å²) in [6, 6.07) is 7.83. The summed E-state index contributed by atoms with van der Waals surface area (Å²) in [6.45, 7) is 1.38. The average Bonchev–Trinajstić information content (AvgIpc) is 3.41. The number of rotatable bonds is 3. The number of hydrogen-bond donors (Lipinski definition) is 1. The van der Waals surface area contributed by atoms with Gasteiger partial charge in [-0.1, -0.05) is 18.2 Å². The van der Waals surface area contributed by atoms with Crippen LogP contribution in [-0.2, 0) is 14.3 Å². The molecule has 6 nitrogen and oxygen atoms in total. The van der Waals surface area contributed by atoms with Gasteiger partial charge in [-0.2, -0.15) is 0 Å². The zero-order valence-electron chi connectivity index (χ0n) is 13.7. The molecule has 2 aliphatic heterocycles. The molecule has 2 heterocycles. The molecule has 4 atom stereocenters. The number of para-hydroxylation sites is 1. The number of methoxy groups -OCH3 is 1. The first-order valence-corrected chi connectivity index (χ1v) is 8.50. The van der Waals surface area contributed by atoms with Crippen LogP contribution < -0.4 is 10.1 Å². The fourth-order valence-electron chi connectivity index (χ4n) is 3.92. The van der Waals surface area contributed by atoms with Gasteiger partial charge in [0, 0.05) is 19.0 Å². The Morgan fingerprint density at radius 3 is 3.04 bits per heavy atom. The minimum atomic E-state index is -0.0936. The van der Waals surface area contributed by atoms with Crippen molar-refractivity contribution in [2.75, 3.05) is 26.8 Å². The summed E-state index contributed by atoms with van der Waals surface area (Å²) in [5, 5.41) is 2.95. The number of amides is 2. The number of likely N-dealkylation sites (tertiary alicyclic amines) is 1. The molecule has 128 valence electrons. The number of nitrogens with zero attached hydrogens (tertiary/aromatic N) is 1. The van der Waals surface area contributed by atoms with E-state index in [9.17, 15) is 9.59 Å². The molecule has 0 bridgehead atoms. The minimum Gasteiger partial charge on any atom is -0.496 e. The van der Waals surface area contributed by atoms with Crippen molar-refractivity contribution in [1.82, 2.24) is 10.2 Å². The van der Waals surface area contributed by atoms with E-state index in [1.54, 1.807) is 7.11 Å². The monoisotopic (exact) mass is 330 g/mol. The third-order valence-electron chi connectivity index (χ3n) is 5.28. The second-order valence-electron chi connectivity index (χ2n) is 6.79. The second-order valence-corrected chi connectivity index (χ2v) is 6.79. The summed E-state index contributed by atoms with van der Waals surface area (Å²) in [7, 11) is 1.66. The molecule has 2 unspecified atom stereocenters. The predicted molar refractivity (Wildman–Crippen MR) is 86.7 cm³/mol. The Kier molecular flexibility index (Phi) is 3.92. The van der Waals surface area contributed by atoms with E-state index in [0.29, 0.717) is 13.1 Å². The molecule has 2 saturated heterocycles. The molecule has 1 aromatic carbocycles. The highest BCUT2D eigenvalue weighted by Crippen LogP contribution is 2.51. The van der Waals surface area contributed by atoms with Crippen LogP contribution in [0.1, 0.15) is 24.3 Å². The molecule has 1 N–H and O–H groups in total. The summed E-state index contributed by atoms with van der Waals surface area (Å²) >= 11 is 0. The molecule has 0 radical (unpaired) electrons. The van der Waals surface area contributed by atoms with Gasteiger partial charge >= 0.3 is 0 Å². The van der Waals surface area contributed by atoms with E-state index >= 15 is 0 Å². The lowest BCUT2D eigenvalue weighted by Crippen LogP contribution is -2.61. The van der Waals surface area contributed by atoms with E-state index in [1.807, 2.05) is 29.2 Å². The van der Waals surface area contributed by atoms with Crippen LogP contribution in [-0.4, -0.2) is 55.7 Å². The Balaban J connectivity index is 1.41. The van der Waals surface area contributed by atoms with Crippen molar-refractivity contribution in [2.24, 2.45) is 5.92 Å². The van der Waals surface area contributed by atoms with Crippen LogP contribution in [0.2, 0.25) is 0 Å². The molecule has 2 amide bonds. The summed E-state index contributed by atoms with van der Waals surface area (Å²) in [5.41, 5.74) is 1.11. The molecule has 1 saturated carbocycles. The maximum absolute atomic E-state index is 12.8. The molecule has 6 heteroatoms. The topological polar surface area (TPSA) is 67.9 Å². The van der Waals surface area contributed by atoms with E-state index < -0.39 is 0 Å². The van der Waals surface area contributed by atoms with Crippen molar-refractivity contribution >= 4 is 11.8 Å². The van der Waals surface area contributed by atoms with Gasteiger partial charge in [0.2, 0.25) is 11.8 Å². The zero-order valence-corrected chi connectivity index (χ0v) is 13.7. The van der Waals surface area contributed by atoms with Crippen molar-refractivity contribution in [3.8, 4) is 5.75 Å². The van der Waals surface area contributed by atoms with Crippen LogP contribution in [0, 0.1) is 5.92 Å². The van der Waals surface area contributed by atoms with Crippen molar-refractivity contribution in [3.63, 3.8) is 0 Å². The third-order valence-corrected chi connectivity index (χ3v) is 5.28. The predicted octanol–water partition coefficient (Wildman–Crippen LogP) is 0.915. The van der Waals surface area contributed by atoms with Crippen LogP contribution in [0.25, 0.3) is 0 Å². The summed E-state index contributed by atoms with van der Waals surface area (Å²) in [4.78, 5) is 26.2. The standard InChI is InChI=1S/C18H22N2O4/c1-23-15-5-3-2-4-11(15)12-8-13(12)18(22)20-7-6-16-14(9-20)19-17(21)10-24-16/h2-5,12-14,16H,6-10H2,1H3,(H,19,21)/t12-,13+,14?,16?/m0/s1. The van der Waals surface area contributed by atoms with Crippen molar-refractivity contribution in [3.05, 3.63) is 29.8 Å². The maximum Gasteiger partial charge on any atom is 0.246 e. The van der Waals surface area contributed by atoms with E-state index in [0.717, 1.165) is 24.2 Å². The molecule has 4 rings (SSSR count). The summed E-state index contributed by atoms with van der Waals surface area (Å²) in [5.74, 6) is 1.21. The van der Waals surface area contributed by atoms with Crippen LogP contribution in [0.15, 0.2) is 24.3 Å². The number of carbonyl (C=O) groups is 2. The Bertz CT molecular complexity index is 662. The molecular formula is C18H22N2O4. The maximum atomic E-state index is 12.8. The van der Waals surface area contributed by atoms with Crippen LogP contribution >= 0.6 is 0 Å². The minimum absolute atomic E-state index is 0.0260. The fourth-order valence-corrected chi connectivity index (χ4v) is 3.92. The quantitative estimate of drug-likeness (QED) is 0.895. The third kappa shape index (κ3) is 2.75. The normalized spacial score (nSPS) is 31.9.